The van der Waals surface area contributed by atoms with Crippen molar-refractivity contribution in [1.82, 2.24) is 14.5 Å². The number of anilines is 2. The van der Waals surface area contributed by atoms with Crippen LogP contribution in [-0.2, 0) is 19.5 Å². The molecule has 244 valence electrons. The lowest BCUT2D eigenvalue weighted by molar-refractivity contribution is 0.0751. The van der Waals surface area contributed by atoms with E-state index in [1.165, 1.54) is 16.9 Å². The maximum atomic E-state index is 14.2. The molecule has 0 radical (unpaired) electrons. The first kappa shape index (κ1) is 33.0. The van der Waals surface area contributed by atoms with Gasteiger partial charge in [0.05, 0.1) is 39.4 Å². The maximum absolute atomic E-state index is 14.2. The number of thiophene rings is 1. The average Bonchev–Trinajstić information content (AvgIpc) is 3.78. The van der Waals surface area contributed by atoms with Gasteiger partial charge >= 0.3 is 0 Å². The van der Waals surface area contributed by atoms with E-state index in [2.05, 4.69) is 35.0 Å². The lowest BCUT2D eigenvalue weighted by atomic mass is 10.1. The third-order valence-electron chi connectivity index (χ3n) is 8.70. The number of unbranched alkanes of at least 4 members (excludes halogenated alkanes) is 1. The van der Waals surface area contributed by atoms with Gasteiger partial charge in [-0.1, -0.05) is 49.2 Å². The molecule has 1 saturated heterocycles. The number of aryl methyl sites for hydroxylation is 1. The smallest absolute Gasteiger partial charge is 0.264 e. The van der Waals surface area contributed by atoms with E-state index in [-0.39, 0.29) is 11.8 Å². The molecule has 0 saturated carbocycles. The van der Waals surface area contributed by atoms with Gasteiger partial charge in [0.25, 0.3) is 11.8 Å². The van der Waals surface area contributed by atoms with Gasteiger partial charge in [0.15, 0.2) is 0 Å². The zero-order valence-electron chi connectivity index (χ0n) is 26.9. The van der Waals surface area contributed by atoms with Crippen molar-refractivity contribution in [3.8, 4) is 6.07 Å². The van der Waals surface area contributed by atoms with E-state index in [4.69, 9.17) is 11.6 Å². The van der Waals surface area contributed by atoms with Crippen LogP contribution in [0.3, 0.4) is 0 Å². The first-order valence-electron chi connectivity index (χ1n) is 16.2. The number of aromatic nitrogens is 2. The topological polar surface area (TPSA) is 85.5 Å². The third-order valence-corrected chi connectivity index (χ3v) is 9.92. The second-order valence-electron chi connectivity index (χ2n) is 11.9. The van der Waals surface area contributed by atoms with Gasteiger partial charge in [-0.3, -0.25) is 9.59 Å². The number of nitriles is 1. The molecule has 5 aromatic rings. The molecule has 10 heteroatoms. The summed E-state index contributed by atoms with van der Waals surface area (Å²) in [5, 5.41) is 9.17. The van der Waals surface area contributed by atoms with Crippen molar-refractivity contribution in [3.63, 3.8) is 0 Å². The Hall–Kier alpha value is -4.91. The van der Waals surface area contributed by atoms with Crippen molar-refractivity contribution in [3.05, 3.63) is 135 Å². The molecule has 2 aromatic heterocycles. The molecule has 0 N–H and O–H groups in total. The van der Waals surface area contributed by atoms with Crippen molar-refractivity contribution in [2.45, 2.75) is 39.3 Å². The molecule has 6 rings (SSSR count). The number of nitrogens with zero attached hydrogens (tertiary/aromatic N) is 6. The number of carbonyl (C=O) groups is 2. The highest BCUT2D eigenvalue weighted by Crippen LogP contribution is 2.27. The fraction of sp³-hybridized carbons (Fsp3) is 0.263. The van der Waals surface area contributed by atoms with E-state index in [0.717, 1.165) is 41.9 Å². The van der Waals surface area contributed by atoms with Crippen LogP contribution in [0.15, 0.2) is 97.5 Å². The maximum Gasteiger partial charge on any atom is 0.264 e. The molecule has 3 heterocycles. The molecule has 0 bridgehead atoms. The van der Waals surface area contributed by atoms with Crippen LogP contribution in [0.4, 0.5) is 11.4 Å². The Morgan fingerprint density at radius 2 is 1.62 bits per heavy atom. The summed E-state index contributed by atoms with van der Waals surface area (Å²) >= 11 is 7.36. The Kier molecular flexibility index (Phi) is 10.5. The van der Waals surface area contributed by atoms with Crippen LogP contribution in [0.2, 0.25) is 4.34 Å². The molecule has 0 atom stereocenters. The summed E-state index contributed by atoms with van der Waals surface area (Å²) in [5.41, 5.74) is 6.24. The van der Waals surface area contributed by atoms with Crippen LogP contribution >= 0.6 is 22.9 Å². The second kappa shape index (κ2) is 15.3. The summed E-state index contributed by atoms with van der Waals surface area (Å²) < 4.78 is 2.65. The quantitative estimate of drug-likeness (QED) is 0.143. The van der Waals surface area contributed by atoms with Gasteiger partial charge < -0.3 is 19.3 Å². The standard InChI is InChI=1S/C38H37ClN6O2S/c1-2-3-4-28-9-11-31(12-10-28)37(46)45(26-34-24-41-27-44(34)25-30-7-5-29(23-40)6-8-30)33-15-13-32(14-16-33)42-19-21-43(22-20-42)38(47)35-17-18-36(39)48-35/h5-18,24,27H,2-4,19-22,25-26H2,1H3. The number of benzene rings is 3. The van der Waals surface area contributed by atoms with Crippen LogP contribution in [-0.4, -0.2) is 52.4 Å². The highest BCUT2D eigenvalue weighted by atomic mass is 35.5. The normalized spacial score (nSPS) is 12.9. The highest BCUT2D eigenvalue weighted by Gasteiger charge is 2.25. The van der Waals surface area contributed by atoms with E-state index >= 15 is 0 Å². The van der Waals surface area contributed by atoms with Gasteiger partial charge in [-0.25, -0.2) is 4.98 Å². The number of carbonyl (C=O) groups excluding carboxylic acids is 2. The number of hydrogen-bond acceptors (Lipinski definition) is 6. The van der Waals surface area contributed by atoms with E-state index in [9.17, 15) is 14.9 Å². The number of rotatable bonds is 11. The van der Waals surface area contributed by atoms with Crippen LogP contribution < -0.4 is 9.80 Å². The number of piperazine rings is 1. The molecule has 3 aromatic carbocycles. The van der Waals surface area contributed by atoms with Crippen LogP contribution in [0.25, 0.3) is 0 Å². The molecule has 1 aliphatic heterocycles. The van der Waals surface area contributed by atoms with Crippen LogP contribution in [0, 0.1) is 11.3 Å². The highest BCUT2D eigenvalue weighted by molar-refractivity contribution is 7.17. The summed E-state index contributed by atoms with van der Waals surface area (Å²) in [4.78, 5) is 38.1. The van der Waals surface area contributed by atoms with E-state index < -0.39 is 0 Å². The fourth-order valence-corrected chi connectivity index (χ4v) is 6.90. The number of imidazole rings is 1. The van der Waals surface area contributed by atoms with E-state index in [1.54, 1.807) is 29.6 Å². The Morgan fingerprint density at radius 3 is 2.27 bits per heavy atom. The summed E-state index contributed by atoms with van der Waals surface area (Å²) in [5.74, 6) is -0.0652. The minimum absolute atomic E-state index is 0.0212. The lowest BCUT2D eigenvalue weighted by Crippen LogP contribution is -2.48. The second-order valence-corrected chi connectivity index (χ2v) is 13.6. The van der Waals surface area contributed by atoms with Gasteiger partial charge in [-0.15, -0.1) is 11.3 Å². The molecule has 0 spiro atoms. The van der Waals surface area contributed by atoms with Crippen molar-refractivity contribution in [1.29, 1.82) is 5.26 Å². The molecule has 0 aliphatic carbocycles. The predicted molar refractivity (Wildman–Crippen MR) is 192 cm³/mol. The van der Waals surface area contributed by atoms with E-state index in [0.29, 0.717) is 59.6 Å². The molecule has 1 aliphatic rings. The monoisotopic (exact) mass is 676 g/mol. The molecule has 2 amide bonds. The summed E-state index contributed by atoms with van der Waals surface area (Å²) in [6.45, 7) is 5.76. The Labute approximate surface area is 290 Å². The van der Waals surface area contributed by atoms with E-state index in [1.807, 2.05) is 70.1 Å². The average molecular weight is 677 g/mol. The van der Waals surface area contributed by atoms with Crippen LogP contribution in [0.1, 0.15) is 62.2 Å². The van der Waals surface area contributed by atoms with Gasteiger partial charge in [0.2, 0.25) is 0 Å². The molecule has 48 heavy (non-hydrogen) atoms. The summed E-state index contributed by atoms with van der Waals surface area (Å²) in [6.07, 6.45) is 6.81. The predicted octanol–water partition coefficient (Wildman–Crippen LogP) is 7.67. The fourth-order valence-electron chi connectivity index (χ4n) is 5.89. The molecular weight excluding hydrogens is 640 g/mol. The number of amides is 2. The van der Waals surface area contributed by atoms with Crippen LogP contribution in [0.5, 0.6) is 0 Å². The van der Waals surface area contributed by atoms with Crippen molar-refractivity contribution in [2.75, 3.05) is 36.0 Å². The van der Waals surface area contributed by atoms with Crippen molar-refractivity contribution < 1.29 is 9.59 Å². The zero-order valence-corrected chi connectivity index (χ0v) is 28.5. The van der Waals surface area contributed by atoms with Crippen molar-refractivity contribution in [2.24, 2.45) is 0 Å². The molecule has 8 nitrogen and oxygen atoms in total. The van der Waals surface area contributed by atoms with Crippen molar-refractivity contribution >= 4 is 46.1 Å². The van der Waals surface area contributed by atoms with Gasteiger partial charge in [-0.2, -0.15) is 5.26 Å². The molecule has 0 unspecified atom stereocenters. The van der Waals surface area contributed by atoms with Gasteiger partial charge in [0.1, 0.15) is 0 Å². The van der Waals surface area contributed by atoms with Gasteiger partial charge in [-0.05, 0) is 84.6 Å². The Balaban J connectivity index is 1.20. The zero-order chi connectivity index (χ0) is 33.5. The Morgan fingerprint density at radius 1 is 0.917 bits per heavy atom. The SMILES string of the molecule is CCCCc1ccc(C(=O)N(Cc2cncn2Cc2ccc(C#N)cc2)c2ccc(N3CCN(C(=O)c4ccc(Cl)s4)CC3)cc2)cc1. The number of halogens is 1. The summed E-state index contributed by atoms with van der Waals surface area (Å²) in [7, 11) is 0. The molecular formula is C38H37ClN6O2S. The molecule has 1 fully saturated rings. The van der Waals surface area contributed by atoms with Gasteiger partial charge in [0, 0.05) is 55.9 Å². The lowest BCUT2D eigenvalue weighted by Gasteiger charge is -2.36. The third kappa shape index (κ3) is 7.79. The minimum Gasteiger partial charge on any atom is -0.368 e. The minimum atomic E-state index is -0.0864. The first-order valence-corrected chi connectivity index (χ1v) is 17.4. The largest absolute Gasteiger partial charge is 0.368 e. The first-order chi connectivity index (χ1) is 23.4. The number of hydrogen-bond donors (Lipinski definition) is 0. The summed E-state index contributed by atoms with van der Waals surface area (Å²) in [6, 6.07) is 29.3. The Bertz CT molecular complexity index is 1890.